The summed E-state index contributed by atoms with van der Waals surface area (Å²) < 4.78 is 13.5. The number of aromatic nitrogens is 1. The highest BCUT2D eigenvalue weighted by Crippen LogP contribution is 2.37. The lowest BCUT2D eigenvalue weighted by Crippen LogP contribution is -2.10. The van der Waals surface area contributed by atoms with Gasteiger partial charge in [0.05, 0.1) is 12.3 Å². The van der Waals surface area contributed by atoms with E-state index in [9.17, 15) is 9.50 Å². The molecule has 0 spiro atoms. The zero-order chi connectivity index (χ0) is 20.7. The molecule has 0 aliphatic rings. The minimum Gasteiger partial charge on any atom is -0.392 e. The summed E-state index contributed by atoms with van der Waals surface area (Å²) in [4.78, 5) is 4.98. The standard InChI is InChI=1S/C25H34FNO/c1-6-7-8-9-10-11-21-23(19-12-14-20(26)15-13-19)22(16-28)25(18(4)5)27-24(21)17(2)3/h10-15,17-18,28H,6-9,16H2,1-5H3/b11-10+. The van der Waals surface area contributed by atoms with Crippen LogP contribution in [0.15, 0.2) is 30.3 Å². The van der Waals surface area contributed by atoms with Crippen LogP contribution < -0.4 is 0 Å². The number of hydrogen-bond donors (Lipinski definition) is 1. The minimum atomic E-state index is -0.256. The maximum atomic E-state index is 13.5. The van der Waals surface area contributed by atoms with Gasteiger partial charge < -0.3 is 5.11 Å². The number of halogens is 1. The lowest BCUT2D eigenvalue weighted by molar-refractivity contribution is 0.280. The summed E-state index contributed by atoms with van der Waals surface area (Å²) in [7, 11) is 0. The van der Waals surface area contributed by atoms with E-state index in [4.69, 9.17) is 4.98 Å². The van der Waals surface area contributed by atoms with Crippen molar-refractivity contribution in [3.05, 3.63) is 58.7 Å². The Morgan fingerprint density at radius 2 is 1.64 bits per heavy atom. The van der Waals surface area contributed by atoms with Crippen molar-refractivity contribution in [3.63, 3.8) is 0 Å². The molecule has 1 N–H and O–H groups in total. The summed E-state index contributed by atoms with van der Waals surface area (Å²) in [6.45, 7) is 10.6. The second kappa shape index (κ2) is 10.5. The molecule has 0 atom stereocenters. The van der Waals surface area contributed by atoms with E-state index in [1.54, 1.807) is 12.1 Å². The highest BCUT2D eigenvalue weighted by atomic mass is 19.1. The first kappa shape index (κ1) is 22.3. The van der Waals surface area contributed by atoms with E-state index in [-0.39, 0.29) is 24.3 Å². The van der Waals surface area contributed by atoms with Crippen molar-refractivity contribution in [1.82, 2.24) is 4.98 Å². The predicted octanol–water partition coefficient (Wildman–Crippen LogP) is 7.22. The van der Waals surface area contributed by atoms with Gasteiger partial charge in [0.25, 0.3) is 0 Å². The summed E-state index contributed by atoms with van der Waals surface area (Å²) in [5, 5.41) is 10.2. The molecule has 2 nitrogen and oxygen atoms in total. The molecule has 0 aliphatic carbocycles. The van der Waals surface area contributed by atoms with Crippen LogP contribution in [0.1, 0.15) is 94.7 Å². The topological polar surface area (TPSA) is 33.1 Å². The van der Waals surface area contributed by atoms with E-state index in [0.717, 1.165) is 40.1 Å². The van der Waals surface area contributed by atoms with Gasteiger partial charge in [-0.25, -0.2) is 4.39 Å². The van der Waals surface area contributed by atoms with Gasteiger partial charge in [-0.3, -0.25) is 4.98 Å². The lowest BCUT2D eigenvalue weighted by Gasteiger charge is -2.22. The molecule has 1 heterocycles. The first-order valence-corrected chi connectivity index (χ1v) is 10.5. The third-order valence-electron chi connectivity index (χ3n) is 5.04. The summed E-state index contributed by atoms with van der Waals surface area (Å²) in [6.07, 6.45) is 8.97. The van der Waals surface area contributed by atoms with Crippen LogP contribution in [0.25, 0.3) is 17.2 Å². The van der Waals surface area contributed by atoms with Gasteiger partial charge in [0.15, 0.2) is 0 Å². The molecule has 0 fully saturated rings. The molecule has 0 bridgehead atoms. The van der Waals surface area contributed by atoms with Gasteiger partial charge >= 0.3 is 0 Å². The number of nitrogens with zero attached hydrogens (tertiary/aromatic N) is 1. The molecule has 2 aromatic rings. The van der Waals surface area contributed by atoms with Gasteiger partial charge in [-0.2, -0.15) is 0 Å². The molecular formula is C25H34FNO. The zero-order valence-electron chi connectivity index (χ0n) is 17.9. The molecule has 28 heavy (non-hydrogen) atoms. The zero-order valence-corrected chi connectivity index (χ0v) is 17.9. The molecule has 0 amide bonds. The number of allylic oxidation sites excluding steroid dienone is 1. The minimum absolute atomic E-state index is 0.0811. The Morgan fingerprint density at radius 1 is 1.00 bits per heavy atom. The largest absolute Gasteiger partial charge is 0.392 e. The van der Waals surface area contributed by atoms with Crippen LogP contribution in [-0.4, -0.2) is 10.1 Å². The predicted molar refractivity (Wildman–Crippen MR) is 117 cm³/mol. The number of aliphatic hydroxyl groups excluding tert-OH is 1. The van der Waals surface area contributed by atoms with E-state index in [2.05, 4.69) is 46.8 Å². The summed E-state index contributed by atoms with van der Waals surface area (Å²) >= 11 is 0. The summed E-state index contributed by atoms with van der Waals surface area (Å²) in [5.74, 6) is 0.189. The molecule has 0 aliphatic heterocycles. The van der Waals surface area contributed by atoms with Gasteiger partial charge in [0.1, 0.15) is 5.82 Å². The number of hydrogen-bond acceptors (Lipinski definition) is 2. The van der Waals surface area contributed by atoms with E-state index in [1.165, 1.54) is 31.4 Å². The Kier molecular flexibility index (Phi) is 8.37. The van der Waals surface area contributed by atoms with Crippen LogP contribution in [0, 0.1) is 5.82 Å². The average molecular weight is 384 g/mol. The van der Waals surface area contributed by atoms with Crippen LogP contribution in [0.4, 0.5) is 4.39 Å². The van der Waals surface area contributed by atoms with Crippen molar-refractivity contribution in [2.75, 3.05) is 0 Å². The molecule has 0 radical (unpaired) electrons. The molecule has 0 unspecified atom stereocenters. The van der Waals surface area contributed by atoms with Gasteiger partial charge in [-0.15, -0.1) is 0 Å². The maximum Gasteiger partial charge on any atom is 0.123 e. The Bertz CT molecular complexity index is 791. The van der Waals surface area contributed by atoms with Crippen molar-refractivity contribution >= 4 is 6.08 Å². The van der Waals surface area contributed by atoms with E-state index in [1.807, 2.05) is 0 Å². The lowest BCUT2D eigenvalue weighted by atomic mass is 9.87. The first-order chi connectivity index (χ1) is 13.4. The van der Waals surface area contributed by atoms with Crippen molar-refractivity contribution in [1.29, 1.82) is 0 Å². The molecule has 1 aromatic carbocycles. The first-order valence-electron chi connectivity index (χ1n) is 10.5. The summed E-state index contributed by atoms with van der Waals surface area (Å²) in [5.41, 5.74) is 5.76. The Balaban J connectivity index is 2.72. The van der Waals surface area contributed by atoms with Crippen LogP contribution in [0.2, 0.25) is 0 Å². The third kappa shape index (κ3) is 5.29. The van der Waals surface area contributed by atoms with Crippen molar-refractivity contribution in [2.45, 2.75) is 78.7 Å². The number of benzene rings is 1. The van der Waals surface area contributed by atoms with Crippen LogP contribution in [-0.2, 0) is 6.61 Å². The fourth-order valence-electron chi connectivity index (χ4n) is 3.58. The molecule has 1 aromatic heterocycles. The molecule has 0 saturated heterocycles. The van der Waals surface area contributed by atoms with Gasteiger partial charge in [-0.1, -0.05) is 71.7 Å². The average Bonchev–Trinajstić information content (AvgIpc) is 2.67. The normalized spacial score (nSPS) is 11.9. The van der Waals surface area contributed by atoms with E-state index >= 15 is 0 Å². The SMILES string of the molecule is CCCCC/C=C/c1c(C(C)C)nc(C(C)C)c(CO)c1-c1ccc(F)cc1. The number of aliphatic hydroxyl groups is 1. The van der Waals surface area contributed by atoms with Crippen LogP contribution in [0.3, 0.4) is 0 Å². The van der Waals surface area contributed by atoms with Crippen molar-refractivity contribution in [2.24, 2.45) is 0 Å². The number of pyridine rings is 1. The van der Waals surface area contributed by atoms with E-state index < -0.39 is 0 Å². The fourth-order valence-corrected chi connectivity index (χ4v) is 3.58. The Labute approximate surface area is 169 Å². The van der Waals surface area contributed by atoms with Crippen LogP contribution >= 0.6 is 0 Å². The summed E-state index contributed by atoms with van der Waals surface area (Å²) in [6, 6.07) is 6.56. The highest BCUT2D eigenvalue weighted by molar-refractivity contribution is 5.80. The molecule has 2 rings (SSSR count). The van der Waals surface area contributed by atoms with Gasteiger partial charge in [0.2, 0.25) is 0 Å². The third-order valence-corrected chi connectivity index (χ3v) is 5.04. The maximum absolute atomic E-state index is 13.5. The smallest absolute Gasteiger partial charge is 0.123 e. The van der Waals surface area contributed by atoms with Gasteiger partial charge in [0, 0.05) is 16.8 Å². The van der Waals surface area contributed by atoms with Crippen LogP contribution in [0.5, 0.6) is 0 Å². The van der Waals surface area contributed by atoms with Crippen molar-refractivity contribution in [3.8, 4) is 11.1 Å². The Hall–Kier alpha value is -2.00. The Morgan fingerprint density at radius 3 is 2.18 bits per heavy atom. The van der Waals surface area contributed by atoms with Gasteiger partial charge in [-0.05, 0) is 47.9 Å². The highest BCUT2D eigenvalue weighted by Gasteiger charge is 2.22. The monoisotopic (exact) mass is 383 g/mol. The second-order valence-corrected chi connectivity index (χ2v) is 8.02. The number of rotatable bonds is 9. The second-order valence-electron chi connectivity index (χ2n) is 8.02. The molecular weight excluding hydrogens is 349 g/mol. The number of unbranched alkanes of at least 4 members (excludes halogenated alkanes) is 3. The quantitative estimate of drug-likeness (QED) is 0.464. The van der Waals surface area contributed by atoms with E-state index in [0.29, 0.717) is 0 Å². The van der Waals surface area contributed by atoms with Crippen molar-refractivity contribution < 1.29 is 9.50 Å². The molecule has 3 heteroatoms. The fraction of sp³-hybridized carbons (Fsp3) is 0.480. The molecule has 152 valence electrons. The molecule has 0 saturated carbocycles.